The number of carbonyl (C=O) groups is 1. The van der Waals surface area contributed by atoms with Crippen molar-refractivity contribution >= 4 is 23.0 Å². The zero-order chi connectivity index (χ0) is 20.1. The van der Waals surface area contributed by atoms with Crippen LogP contribution in [0.2, 0.25) is 0 Å². The predicted octanol–water partition coefficient (Wildman–Crippen LogP) is 4.41. The van der Waals surface area contributed by atoms with Gasteiger partial charge in [-0.15, -0.1) is 0 Å². The van der Waals surface area contributed by atoms with Gasteiger partial charge in [-0.2, -0.15) is 5.26 Å². The number of aryl methyl sites for hydroxylation is 1. The van der Waals surface area contributed by atoms with Gasteiger partial charge in [0.15, 0.2) is 0 Å². The van der Waals surface area contributed by atoms with Crippen molar-refractivity contribution < 1.29 is 13.9 Å². The number of hydrogen-bond acceptors (Lipinski definition) is 5. The maximum Gasteiger partial charge on any atom is 0.257 e. The number of amides is 1. The van der Waals surface area contributed by atoms with Crippen molar-refractivity contribution in [1.29, 1.82) is 5.26 Å². The Bertz CT molecular complexity index is 1060. The Balaban J connectivity index is 1.91. The molecule has 28 heavy (non-hydrogen) atoms. The van der Waals surface area contributed by atoms with Gasteiger partial charge in [-0.05, 0) is 55.0 Å². The molecule has 6 nitrogen and oxygen atoms in total. The Morgan fingerprint density at radius 2 is 1.96 bits per heavy atom. The van der Waals surface area contributed by atoms with Crippen LogP contribution in [0.25, 0.3) is 0 Å². The Kier molecular flexibility index (Phi) is 5.51. The molecule has 0 aliphatic carbocycles. The summed E-state index contributed by atoms with van der Waals surface area (Å²) in [6, 6.07) is 14.3. The van der Waals surface area contributed by atoms with E-state index in [4.69, 9.17) is 4.74 Å². The van der Waals surface area contributed by atoms with Gasteiger partial charge in [0.1, 0.15) is 5.82 Å². The molecule has 0 fully saturated rings. The lowest BCUT2D eigenvalue weighted by atomic mass is 10.1. The van der Waals surface area contributed by atoms with E-state index < -0.39 is 0 Å². The number of carbonyl (C=O) groups excluding carboxylic acids is 1. The number of benzene rings is 2. The van der Waals surface area contributed by atoms with Gasteiger partial charge in [0.25, 0.3) is 5.91 Å². The standard InChI is InChI=1S/C21H17FN4O2/c1-13-9-15(22)4-7-18(13)26-19-10-14(11-23)3-6-17(19)21(27)25-16-5-8-20(28-2)24-12-16/h3-10,12,26H,1-2H3,(H,25,27). The molecule has 3 rings (SSSR count). The Labute approximate surface area is 161 Å². The van der Waals surface area contributed by atoms with Gasteiger partial charge in [0.2, 0.25) is 5.88 Å². The van der Waals surface area contributed by atoms with E-state index in [1.54, 1.807) is 43.3 Å². The highest BCUT2D eigenvalue weighted by atomic mass is 19.1. The van der Waals surface area contributed by atoms with Crippen LogP contribution in [0.3, 0.4) is 0 Å². The second-order valence-corrected chi connectivity index (χ2v) is 6.00. The molecule has 1 heterocycles. The molecule has 0 bridgehead atoms. The molecule has 0 radical (unpaired) electrons. The van der Waals surface area contributed by atoms with Gasteiger partial charge >= 0.3 is 0 Å². The lowest BCUT2D eigenvalue weighted by molar-refractivity contribution is 0.102. The van der Waals surface area contributed by atoms with E-state index >= 15 is 0 Å². The summed E-state index contributed by atoms with van der Waals surface area (Å²) in [6.45, 7) is 1.75. The molecule has 0 aliphatic heterocycles. The maximum atomic E-state index is 13.4. The van der Waals surface area contributed by atoms with Crippen LogP contribution in [0.5, 0.6) is 5.88 Å². The molecular weight excluding hydrogens is 359 g/mol. The highest BCUT2D eigenvalue weighted by Crippen LogP contribution is 2.26. The first-order valence-corrected chi connectivity index (χ1v) is 8.39. The van der Waals surface area contributed by atoms with Crippen molar-refractivity contribution in [1.82, 2.24) is 4.98 Å². The number of anilines is 3. The fourth-order valence-corrected chi connectivity index (χ4v) is 2.60. The highest BCUT2D eigenvalue weighted by Gasteiger charge is 2.14. The van der Waals surface area contributed by atoms with Crippen LogP contribution in [-0.2, 0) is 0 Å². The van der Waals surface area contributed by atoms with Crippen molar-refractivity contribution in [3.8, 4) is 11.9 Å². The minimum absolute atomic E-state index is 0.332. The average molecular weight is 376 g/mol. The monoisotopic (exact) mass is 376 g/mol. The number of ether oxygens (including phenoxy) is 1. The van der Waals surface area contributed by atoms with E-state index in [2.05, 4.69) is 15.6 Å². The molecule has 3 aromatic rings. The third kappa shape index (κ3) is 4.24. The molecule has 140 valence electrons. The summed E-state index contributed by atoms with van der Waals surface area (Å²) in [7, 11) is 1.51. The molecule has 1 aromatic heterocycles. The van der Waals surface area contributed by atoms with E-state index in [-0.39, 0.29) is 11.7 Å². The smallest absolute Gasteiger partial charge is 0.257 e. The molecular formula is C21H17FN4O2. The molecule has 0 saturated heterocycles. The van der Waals surface area contributed by atoms with Crippen LogP contribution in [0.1, 0.15) is 21.5 Å². The molecule has 0 spiro atoms. The number of aromatic nitrogens is 1. The van der Waals surface area contributed by atoms with E-state index in [1.807, 2.05) is 6.07 Å². The summed E-state index contributed by atoms with van der Waals surface area (Å²) in [5.41, 5.74) is 2.97. The van der Waals surface area contributed by atoms with Crippen molar-refractivity contribution in [2.75, 3.05) is 17.7 Å². The average Bonchev–Trinajstić information content (AvgIpc) is 2.70. The minimum atomic E-state index is -0.376. The number of nitriles is 1. The topological polar surface area (TPSA) is 87.0 Å². The molecule has 2 N–H and O–H groups in total. The molecule has 0 unspecified atom stereocenters. The first-order chi connectivity index (χ1) is 13.5. The predicted molar refractivity (Wildman–Crippen MR) is 104 cm³/mol. The first-order valence-electron chi connectivity index (χ1n) is 8.39. The van der Waals surface area contributed by atoms with Crippen LogP contribution >= 0.6 is 0 Å². The zero-order valence-corrected chi connectivity index (χ0v) is 15.3. The summed E-state index contributed by atoms with van der Waals surface area (Å²) in [4.78, 5) is 16.8. The van der Waals surface area contributed by atoms with E-state index in [0.717, 1.165) is 0 Å². The highest BCUT2D eigenvalue weighted by molar-refractivity contribution is 6.08. The molecule has 7 heteroatoms. The van der Waals surface area contributed by atoms with Crippen LogP contribution < -0.4 is 15.4 Å². The van der Waals surface area contributed by atoms with Gasteiger partial charge in [-0.25, -0.2) is 9.37 Å². The number of rotatable bonds is 5. The summed E-state index contributed by atoms with van der Waals surface area (Å²) in [6.07, 6.45) is 1.48. The van der Waals surface area contributed by atoms with Crippen LogP contribution in [0.15, 0.2) is 54.7 Å². The second-order valence-electron chi connectivity index (χ2n) is 6.00. The van der Waals surface area contributed by atoms with Gasteiger partial charge < -0.3 is 15.4 Å². The van der Waals surface area contributed by atoms with Crippen molar-refractivity contribution in [2.24, 2.45) is 0 Å². The lowest BCUT2D eigenvalue weighted by Crippen LogP contribution is -2.14. The molecule has 1 amide bonds. The number of pyridine rings is 1. The third-order valence-electron chi connectivity index (χ3n) is 4.05. The zero-order valence-electron chi connectivity index (χ0n) is 15.3. The van der Waals surface area contributed by atoms with Crippen LogP contribution in [0, 0.1) is 24.1 Å². The first kappa shape index (κ1) is 18.9. The van der Waals surface area contributed by atoms with Gasteiger partial charge in [0, 0.05) is 11.8 Å². The summed E-state index contributed by atoms with van der Waals surface area (Å²) in [5, 5.41) is 15.1. The Morgan fingerprint density at radius 1 is 1.14 bits per heavy atom. The molecule has 0 atom stereocenters. The Morgan fingerprint density at radius 3 is 2.61 bits per heavy atom. The van der Waals surface area contributed by atoms with E-state index in [1.165, 1.54) is 25.4 Å². The number of methoxy groups -OCH3 is 1. The fraction of sp³-hybridized carbons (Fsp3) is 0.0952. The third-order valence-corrected chi connectivity index (χ3v) is 4.05. The number of nitrogens with zero attached hydrogens (tertiary/aromatic N) is 2. The van der Waals surface area contributed by atoms with Gasteiger partial charge in [-0.1, -0.05) is 0 Å². The summed E-state index contributed by atoms with van der Waals surface area (Å²) in [5.74, 6) is -0.289. The minimum Gasteiger partial charge on any atom is -0.481 e. The second kappa shape index (κ2) is 8.18. The lowest BCUT2D eigenvalue weighted by Gasteiger charge is -2.14. The largest absolute Gasteiger partial charge is 0.481 e. The number of nitrogens with one attached hydrogen (secondary N) is 2. The van der Waals surface area contributed by atoms with Crippen LogP contribution in [-0.4, -0.2) is 18.0 Å². The van der Waals surface area contributed by atoms with Crippen molar-refractivity contribution in [3.63, 3.8) is 0 Å². The molecule has 2 aromatic carbocycles. The van der Waals surface area contributed by atoms with Crippen molar-refractivity contribution in [3.05, 3.63) is 77.2 Å². The van der Waals surface area contributed by atoms with E-state index in [0.29, 0.717) is 39.6 Å². The van der Waals surface area contributed by atoms with Crippen molar-refractivity contribution in [2.45, 2.75) is 6.92 Å². The van der Waals surface area contributed by atoms with Crippen LogP contribution in [0.4, 0.5) is 21.5 Å². The van der Waals surface area contributed by atoms with Gasteiger partial charge in [-0.3, -0.25) is 4.79 Å². The number of hydrogen-bond donors (Lipinski definition) is 2. The fourth-order valence-electron chi connectivity index (χ4n) is 2.60. The van der Waals surface area contributed by atoms with E-state index in [9.17, 15) is 14.4 Å². The number of halogens is 1. The maximum absolute atomic E-state index is 13.4. The Hall–Kier alpha value is -3.92. The summed E-state index contributed by atoms with van der Waals surface area (Å²) < 4.78 is 18.4. The summed E-state index contributed by atoms with van der Waals surface area (Å²) >= 11 is 0. The quantitative estimate of drug-likeness (QED) is 0.689. The SMILES string of the molecule is COc1ccc(NC(=O)c2ccc(C#N)cc2Nc2ccc(F)cc2C)cn1. The molecule has 0 aliphatic rings. The van der Waals surface area contributed by atoms with Gasteiger partial charge in [0.05, 0.1) is 41.9 Å². The normalized spacial score (nSPS) is 10.1. The molecule has 0 saturated carbocycles.